The minimum atomic E-state index is -0.183. The molecule has 0 aliphatic rings. The number of Topliss-reactive ketones (excluding diaryl/α,β-unsaturated/α-hetero) is 1. The smallest absolute Gasteiger partial charge is 0.260 e. The van der Waals surface area contributed by atoms with E-state index in [1.54, 1.807) is 31.4 Å². The molecule has 1 N–H and O–H groups in total. The van der Waals surface area contributed by atoms with Crippen LogP contribution in [-0.4, -0.2) is 28.6 Å². The van der Waals surface area contributed by atoms with Crippen molar-refractivity contribution >= 4 is 39.1 Å². The number of fused-ring (bicyclic) bond motifs is 1. The van der Waals surface area contributed by atoms with Gasteiger partial charge in [0.05, 0.1) is 18.2 Å². The van der Waals surface area contributed by atoms with Crippen molar-refractivity contribution in [3.05, 3.63) is 75.4 Å². The summed E-state index contributed by atoms with van der Waals surface area (Å²) in [6.07, 6.45) is 0. The highest BCUT2D eigenvalue weighted by molar-refractivity contribution is 7.99. The number of nitrogens with zero attached hydrogens (tertiary/aromatic N) is 1. The number of ether oxygens (including phenoxy) is 1. The topological polar surface area (TPSA) is 72.0 Å². The summed E-state index contributed by atoms with van der Waals surface area (Å²) in [5.41, 5.74) is 2.33. The first-order valence-corrected chi connectivity index (χ1v) is 10.8. The lowest BCUT2D eigenvalue weighted by Crippen LogP contribution is -2.10. The van der Waals surface area contributed by atoms with E-state index in [4.69, 9.17) is 4.74 Å². The highest BCUT2D eigenvalue weighted by Gasteiger charge is 2.17. The Balaban J connectivity index is 1.59. The molecule has 0 spiro atoms. The predicted octanol–water partition coefficient (Wildman–Crippen LogP) is 4.94. The fourth-order valence-corrected chi connectivity index (χ4v) is 4.97. The van der Waals surface area contributed by atoms with Crippen molar-refractivity contribution in [2.24, 2.45) is 0 Å². The third-order valence-electron chi connectivity index (χ3n) is 4.53. The Morgan fingerprint density at radius 3 is 2.55 bits per heavy atom. The molecule has 2 aromatic heterocycles. The van der Waals surface area contributed by atoms with Crippen LogP contribution in [0.4, 0.5) is 0 Å². The second kappa shape index (κ2) is 8.23. The summed E-state index contributed by atoms with van der Waals surface area (Å²) < 4.78 is 5.11. The van der Waals surface area contributed by atoms with Gasteiger partial charge in [0.25, 0.3) is 5.56 Å². The Morgan fingerprint density at radius 1 is 1.14 bits per heavy atom. The molecule has 0 fully saturated rings. The quantitative estimate of drug-likeness (QED) is 0.271. The van der Waals surface area contributed by atoms with Gasteiger partial charge < -0.3 is 9.72 Å². The second-order valence-corrected chi connectivity index (χ2v) is 8.56. The van der Waals surface area contributed by atoms with Crippen LogP contribution >= 0.6 is 23.1 Å². The number of ketones is 1. The zero-order valence-corrected chi connectivity index (χ0v) is 17.5. The molecule has 2 aromatic carbocycles. The summed E-state index contributed by atoms with van der Waals surface area (Å²) >= 11 is 2.73. The van der Waals surface area contributed by atoms with Crippen molar-refractivity contribution in [3.63, 3.8) is 0 Å². The van der Waals surface area contributed by atoms with Gasteiger partial charge in [0.2, 0.25) is 0 Å². The largest absolute Gasteiger partial charge is 0.497 e. The Bertz CT molecular complexity index is 1230. The lowest BCUT2D eigenvalue weighted by atomic mass is 10.0. The van der Waals surface area contributed by atoms with Gasteiger partial charge in [-0.25, -0.2) is 4.98 Å². The molecule has 0 unspecified atom stereocenters. The third-order valence-corrected chi connectivity index (χ3v) is 6.40. The van der Waals surface area contributed by atoms with Gasteiger partial charge in [-0.1, -0.05) is 42.1 Å². The van der Waals surface area contributed by atoms with E-state index in [0.29, 0.717) is 26.7 Å². The molecule has 0 aliphatic carbocycles. The Hall–Kier alpha value is -2.90. The fraction of sp³-hybridized carbons (Fsp3) is 0.136. The number of hydrogen-bond donors (Lipinski definition) is 1. The summed E-state index contributed by atoms with van der Waals surface area (Å²) in [5.74, 6) is 0.858. The summed E-state index contributed by atoms with van der Waals surface area (Å²) in [6, 6.07) is 16.8. The van der Waals surface area contributed by atoms with Gasteiger partial charge in [0, 0.05) is 16.0 Å². The molecular formula is C22H18N2O3S2. The monoisotopic (exact) mass is 422 g/mol. The standard InChI is InChI=1S/C22H18N2O3S2/c1-13-18(15-6-4-3-5-7-15)19-20(26)23-22(24-21(19)29-13)28-12-17(25)14-8-10-16(27-2)11-9-14/h3-11H,12H2,1-2H3,(H,23,24,26). The number of methoxy groups -OCH3 is 1. The number of thioether (sulfide) groups is 1. The number of carbonyl (C=O) groups excluding carboxylic acids is 1. The van der Waals surface area contributed by atoms with Crippen molar-refractivity contribution in [1.29, 1.82) is 0 Å². The summed E-state index contributed by atoms with van der Waals surface area (Å²) in [5, 5.41) is 1.05. The molecule has 4 aromatic rings. The molecule has 0 atom stereocenters. The van der Waals surface area contributed by atoms with Crippen LogP contribution in [0.15, 0.2) is 64.5 Å². The number of H-pyrrole nitrogens is 1. The van der Waals surface area contributed by atoms with Crippen LogP contribution in [0.5, 0.6) is 5.75 Å². The number of aryl methyl sites for hydroxylation is 1. The maximum Gasteiger partial charge on any atom is 0.260 e. The fourth-order valence-electron chi connectivity index (χ4n) is 3.11. The SMILES string of the molecule is COc1ccc(C(=O)CSc2nc3sc(C)c(-c4ccccc4)c3c(=O)[nH]2)cc1. The van der Waals surface area contributed by atoms with Gasteiger partial charge in [0.1, 0.15) is 10.6 Å². The van der Waals surface area contributed by atoms with Crippen LogP contribution in [0.2, 0.25) is 0 Å². The normalized spacial score (nSPS) is 11.0. The molecule has 0 saturated carbocycles. The lowest BCUT2D eigenvalue weighted by Gasteiger charge is -2.04. The van der Waals surface area contributed by atoms with E-state index in [1.807, 2.05) is 37.3 Å². The molecule has 7 heteroatoms. The van der Waals surface area contributed by atoms with Gasteiger partial charge in [-0.2, -0.15) is 0 Å². The van der Waals surface area contributed by atoms with Crippen LogP contribution in [0.3, 0.4) is 0 Å². The van der Waals surface area contributed by atoms with E-state index >= 15 is 0 Å². The van der Waals surface area contributed by atoms with Crippen molar-refractivity contribution in [2.75, 3.05) is 12.9 Å². The van der Waals surface area contributed by atoms with Crippen LogP contribution < -0.4 is 10.3 Å². The van der Waals surface area contributed by atoms with Crippen molar-refractivity contribution in [3.8, 4) is 16.9 Å². The first-order valence-electron chi connectivity index (χ1n) is 8.95. The van der Waals surface area contributed by atoms with E-state index < -0.39 is 0 Å². The number of thiophene rings is 1. The van der Waals surface area contributed by atoms with E-state index in [2.05, 4.69) is 9.97 Å². The van der Waals surface area contributed by atoms with Gasteiger partial charge in [0.15, 0.2) is 10.9 Å². The first kappa shape index (κ1) is 19.4. The van der Waals surface area contributed by atoms with E-state index in [9.17, 15) is 9.59 Å². The molecule has 0 saturated heterocycles. The van der Waals surface area contributed by atoms with Crippen LogP contribution in [0.25, 0.3) is 21.3 Å². The summed E-state index contributed by atoms with van der Waals surface area (Å²) in [4.78, 5) is 34.4. The van der Waals surface area contributed by atoms with Gasteiger partial charge in [-0.05, 0) is 36.8 Å². The van der Waals surface area contributed by atoms with Crippen molar-refractivity contribution in [2.45, 2.75) is 12.1 Å². The van der Waals surface area contributed by atoms with Crippen LogP contribution in [0.1, 0.15) is 15.2 Å². The molecule has 29 heavy (non-hydrogen) atoms. The van der Waals surface area contributed by atoms with Crippen LogP contribution in [0, 0.1) is 6.92 Å². The minimum absolute atomic E-state index is 0.0345. The molecule has 0 aliphatic heterocycles. The minimum Gasteiger partial charge on any atom is -0.497 e. The summed E-state index contributed by atoms with van der Waals surface area (Å²) in [6.45, 7) is 1.99. The maximum absolute atomic E-state index is 12.8. The number of aromatic nitrogens is 2. The average molecular weight is 423 g/mol. The van der Waals surface area contributed by atoms with E-state index in [-0.39, 0.29) is 17.1 Å². The predicted molar refractivity (Wildman–Crippen MR) is 118 cm³/mol. The Kier molecular flexibility index (Phi) is 5.51. The highest BCUT2D eigenvalue weighted by atomic mass is 32.2. The maximum atomic E-state index is 12.8. The number of carbonyl (C=O) groups is 1. The first-order chi connectivity index (χ1) is 14.1. The zero-order valence-electron chi connectivity index (χ0n) is 15.9. The molecule has 2 heterocycles. The third kappa shape index (κ3) is 3.97. The number of benzene rings is 2. The highest BCUT2D eigenvalue weighted by Crippen LogP contribution is 2.35. The summed E-state index contributed by atoms with van der Waals surface area (Å²) in [7, 11) is 1.58. The van der Waals surface area contributed by atoms with E-state index in [0.717, 1.165) is 16.0 Å². The zero-order chi connectivity index (χ0) is 20.4. The average Bonchev–Trinajstić information content (AvgIpc) is 3.09. The number of nitrogens with one attached hydrogen (secondary N) is 1. The Labute approximate surface area is 175 Å². The Morgan fingerprint density at radius 2 is 1.86 bits per heavy atom. The molecule has 4 rings (SSSR count). The van der Waals surface area contributed by atoms with Gasteiger partial charge in [-0.3, -0.25) is 9.59 Å². The molecule has 146 valence electrons. The number of rotatable bonds is 6. The van der Waals surface area contributed by atoms with Gasteiger partial charge >= 0.3 is 0 Å². The van der Waals surface area contributed by atoms with Gasteiger partial charge in [-0.15, -0.1) is 11.3 Å². The van der Waals surface area contributed by atoms with E-state index in [1.165, 1.54) is 23.1 Å². The van der Waals surface area contributed by atoms with Crippen molar-refractivity contribution in [1.82, 2.24) is 9.97 Å². The molecule has 5 nitrogen and oxygen atoms in total. The van der Waals surface area contributed by atoms with Crippen molar-refractivity contribution < 1.29 is 9.53 Å². The number of hydrogen-bond acceptors (Lipinski definition) is 6. The van der Waals surface area contributed by atoms with Crippen LogP contribution in [-0.2, 0) is 0 Å². The molecule has 0 bridgehead atoms. The molecular weight excluding hydrogens is 404 g/mol. The second-order valence-electron chi connectivity index (χ2n) is 6.39. The molecule has 0 radical (unpaired) electrons. The molecule has 0 amide bonds. The lowest BCUT2D eigenvalue weighted by molar-refractivity contribution is 0.102. The number of aromatic amines is 1.